The fraction of sp³-hybridized carbons (Fsp3) is 0.267. The van der Waals surface area contributed by atoms with Crippen molar-refractivity contribution < 1.29 is 13.5 Å². The van der Waals surface area contributed by atoms with Crippen LogP contribution in [-0.2, 0) is 6.54 Å². The topological polar surface area (TPSA) is 48.1 Å². The van der Waals surface area contributed by atoms with Gasteiger partial charge in [-0.3, -0.25) is 0 Å². The summed E-state index contributed by atoms with van der Waals surface area (Å²) >= 11 is 0. The van der Waals surface area contributed by atoms with Crippen LogP contribution in [0.25, 0.3) is 0 Å². The molecule has 3 nitrogen and oxygen atoms in total. The van der Waals surface area contributed by atoms with E-state index in [4.69, 9.17) is 10.5 Å². The zero-order valence-corrected chi connectivity index (χ0v) is 11.4. The number of nitrogens with two attached hydrogens (primary N) is 1. The van der Waals surface area contributed by atoms with Crippen LogP contribution in [0.15, 0.2) is 30.3 Å². The zero-order chi connectivity index (χ0) is 14.7. The standard InChI is InChI=1S/C15H16F2N2O/c1-9(2)13-5-10(8-18)6-15(19-13)20-14-4-3-11(16)7-12(14)17/h3-7,9H,8,18H2,1-2H3. The van der Waals surface area contributed by atoms with Crippen LogP contribution in [-0.4, -0.2) is 4.98 Å². The molecule has 0 aliphatic rings. The Hall–Kier alpha value is -2.01. The van der Waals surface area contributed by atoms with E-state index in [2.05, 4.69) is 4.98 Å². The molecule has 0 aliphatic carbocycles. The Morgan fingerprint density at radius 2 is 1.95 bits per heavy atom. The monoisotopic (exact) mass is 278 g/mol. The second kappa shape index (κ2) is 5.96. The number of hydrogen-bond donors (Lipinski definition) is 1. The third-order valence-corrected chi connectivity index (χ3v) is 2.82. The molecule has 20 heavy (non-hydrogen) atoms. The van der Waals surface area contributed by atoms with Crippen molar-refractivity contribution in [2.75, 3.05) is 0 Å². The van der Waals surface area contributed by atoms with E-state index in [9.17, 15) is 8.78 Å². The molecule has 0 radical (unpaired) electrons. The van der Waals surface area contributed by atoms with Gasteiger partial charge in [0.2, 0.25) is 5.88 Å². The summed E-state index contributed by atoms with van der Waals surface area (Å²) in [5.74, 6) is -1.04. The third-order valence-electron chi connectivity index (χ3n) is 2.82. The normalized spacial score (nSPS) is 10.9. The van der Waals surface area contributed by atoms with Gasteiger partial charge in [0.1, 0.15) is 5.82 Å². The van der Waals surface area contributed by atoms with Gasteiger partial charge in [-0.25, -0.2) is 13.8 Å². The van der Waals surface area contributed by atoms with Gasteiger partial charge in [0, 0.05) is 24.4 Å². The minimum atomic E-state index is -0.768. The quantitative estimate of drug-likeness (QED) is 0.927. The van der Waals surface area contributed by atoms with E-state index in [0.29, 0.717) is 6.54 Å². The van der Waals surface area contributed by atoms with Crippen molar-refractivity contribution in [3.63, 3.8) is 0 Å². The van der Waals surface area contributed by atoms with Gasteiger partial charge in [-0.1, -0.05) is 13.8 Å². The number of aromatic nitrogens is 1. The molecular weight excluding hydrogens is 262 g/mol. The molecule has 2 N–H and O–H groups in total. The van der Waals surface area contributed by atoms with E-state index in [1.165, 1.54) is 6.07 Å². The first-order valence-corrected chi connectivity index (χ1v) is 6.33. The van der Waals surface area contributed by atoms with Crippen molar-refractivity contribution in [2.45, 2.75) is 26.3 Å². The van der Waals surface area contributed by atoms with Gasteiger partial charge in [0.05, 0.1) is 0 Å². The molecule has 2 aromatic rings. The van der Waals surface area contributed by atoms with Gasteiger partial charge in [-0.05, 0) is 29.7 Å². The molecule has 2 rings (SSSR count). The van der Waals surface area contributed by atoms with E-state index in [1.807, 2.05) is 19.9 Å². The van der Waals surface area contributed by atoms with E-state index in [1.54, 1.807) is 6.07 Å². The molecule has 0 bridgehead atoms. The lowest BCUT2D eigenvalue weighted by molar-refractivity contribution is 0.421. The van der Waals surface area contributed by atoms with Crippen LogP contribution in [0.1, 0.15) is 31.0 Å². The highest BCUT2D eigenvalue weighted by atomic mass is 19.1. The Kier molecular flexibility index (Phi) is 4.29. The van der Waals surface area contributed by atoms with Gasteiger partial charge >= 0.3 is 0 Å². The average molecular weight is 278 g/mol. The van der Waals surface area contributed by atoms with Crippen LogP contribution in [0.3, 0.4) is 0 Å². The summed E-state index contributed by atoms with van der Waals surface area (Å²) in [6.07, 6.45) is 0. The number of nitrogens with zero attached hydrogens (tertiary/aromatic N) is 1. The molecule has 5 heteroatoms. The van der Waals surface area contributed by atoms with Gasteiger partial charge in [0.25, 0.3) is 0 Å². The first-order chi connectivity index (χ1) is 9.49. The van der Waals surface area contributed by atoms with Crippen molar-refractivity contribution in [1.29, 1.82) is 0 Å². The number of hydrogen-bond acceptors (Lipinski definition) is 3. The molecule has 0 aliphatic heterocycles. The van der Waals surface area contributed by atoms with Crippen molar-refractivity contribution in [1.82, 2.24) is 4.98 Å². The summed E-state index contributed by atoms with van der Waals surface area (Å²) in [6.45, 7) is 4.32. The van der Waals surface area contributed by atoms with Crippen molar-refractivity contribution in [3.05, 3.63) is 53.2 Å². The lowest BCUT2D eigenvalue weighted by Crippen LogP contribution is -2.03. The largest absolute Gasteiger partial charge is 0.436 e. The lowest BCUT2D eigenvalue weighted by atomic mass is 10.1. The fourth-order valence-electron chi connectivity index (χ4n) is 1.72. The van der Waals surface area contributed by atoms with Crippen LogP contribution >= 0.6 is 0 Å². The predicted molar refractivity (Wildman–Crippen MR) is 72.6 cm³/mol. The Morgan fingerprint density at radius 1 is 1.20 bits per heavy atom. The number of halogens is 2. The molecule has 1 aromatic heterocycles. The van der Waals surface area contributed by atoms with E-state index in [0.717, 1.165) is 23.4 Å². The summed E-state index contributed by atoms with van der Waals surface area (Å²) < 4.78 is 31.8. The molecule has 0 saturated carbocycles. The Balaban J connectivity index is 2.34. The highest BCUT2D eigenvalue weighted by Crippen LogP contribution is 2.26. The fourth-order valence-corrected chi connectivity index (χ4v) is 1.72. The third kappa shape index (κ3) is 3.30. The van der Waals surface area contributed by atoms with Crippen LogP contribution in [0.2, 0.25) is 0 Å². The molecule has 0 fully saturated rings. The number of benzene rings is 1. The number of pyridine rings is 1. The van der Waals surface area contributed by atoms with Gasteiger partial charge in [-0.15, -0.1) is 0 Å². The minimum Gasteiger partial charge on any atom is -0.436 e. The molecular formula is C15H16F2N2O. The molecule has 0 amide bonds. The lowest BCUT2D eigenvalue weighted by Gasteiger charge is -2.11. The molecule has 0 spiro atoms. The maximum atomic E-state index is 13.6. The molecule has 1 aromatic carbocycles. The van der Waals surface area contributed by atoms with Crippen molar-refractivity contribution in [2.24, 2.45) is 5.73 Å². The van der Waals surface area contributed by atoms with Gasteiger partial charge < -0.3 is 10.5 Å². The second-order valence-electron chi connectivity index (χ2n) is 4.77. The van der Waals surface area contributed by atoms with Crippen LogP contribution in [0, 0.1) is 11.6 Å². The summed E-state index contributed by atoms with van der Waals surface area (Å²) in [6, 6.07) is 6.67. The van der Waals surface area contributed by atoms with E-state index >= 15 is 0 Å². The van der Waals surface area contributed by atoms with Crippen molar-refractivity contribution >= 4 is 0 Å². The maximum absolute atomic E-state index is 13.6. The summed E-state index contributed by atoms with van der Waals surface area (Å²) in [5, 5.41) is 0. The smallest absolute Gasteiger partial charge is 0.219 e. The van der Waals surface area contributed by atoms with E-state index in [-0.39, 0.29) is 17.5 Å². The Morgan fingerprint density at radius 3 is 2.55 bits per heavy atom. The highest BCUT2D eigenvalue weighted by molar-refractivity contribution is 5.32. The van der Waals surface area contributed by atoms with Gasteiger partial charge in [-0.2, -0.15) is 0 Å². The van der Waals surface area contributed by atoms with Crippen LogP contribution in [0.4, 0.5) is 8.78 Å². The summed E-state index contributed by atoms with van der Waals surface area (Å²) in [5.41, 5.74) is 7.28. The second-order valence-corrected chi connectivity index (χ2v) is 4.77. The highest BCUT2D eigenvalue weighted by Gasteiger charge is 2.10. The zero-order valence-electron chi connectivity index (χ0n) is 11.4. The molecule has 106 valence electrons. The Labute approximate surface area is 116 Å². The van der Waals surface area contributed by atoms with Gasteiger partial charge in [0.15, 0.2) is 11.6 Å². The first-order valence-electron chi connectivity index (χ1n) is 6.33. The Bertz CT molecular complexity index is 615. The first kappa shape index (κ1) is 14.4. The SMILES string of the molecule is CC(C)c1cc(CN)cc(Oc2ccc(F)cc2F)n1. The predicted octanol–water partition coefficient (Wildman–Crippen LogP) is 3.73. The molecule has 0 unspecified atom stereocenters. The number of ether oxygens (including phenoxy) is 1. The van der Waals surface area contributed by atoms with E-state index < -0.39 is 11.6 Å². The molecule has 0 atom stereocenters. The number of rotatable bonds is 4. The van der Waals surface area contributed by atoms with Crippen LogP contribution in [0.5, 0.6) is 11.6 Å². The minimum absolute atomic E-state index is 0.0669. The summed E-state index contributed by atoms with van der Waals surface area (Å²) in [7, 11) is 0. The van der Waals surface area contributed by atoms with Crippen LogP contribution < -0.4 is 10.5 Å². The molecule has 1 heterocycles. The summed E-state index contributed by atoms with van der Waals surface area (Å²) in [4.78, 5) is 4.30. The average Bonchev–Trinajstić information content (AvgIpc) is 2.41. The maximum Gasteiger partial charge on any atom is 0.219 e. The molecule has 0 saturated heterocycles. The van der Waals surface area contributed by atoms with Crippen molar-refractivity contribution in [3.8, 4) is 11.6 Å².